The molecule has 23 heavy (non-hydrogen) atoms. The van der Waals surface area contributed by atoms with Crippen LogP contribution in [-0.4, -0.2) is 24.3 Å². The summed E-state index contributed by atoms with van der Waals surface area (Å²) in [6.45, 7) is 0. The summed E-state index contributed by atoms with van der Waals surface area (Å²) in [6.07, 6.45) is 3.33. The van der Waals surface area contributed by atoms with Crippen LogP contribution in [0.3, 0.4) is 0 Å². The Labute approximate surface area is 135 Å². The van der Waals surface area contributed by atoms with Gasteiger partial charge in [0, 0.05) is 0 Å². The number of allylic oxidation sites excluding steroid dienone is 4. The Kier molecular flexibility index (Phi) is 9.78. The van der Waals surface area contributed by atoms with Crippen molar-refractivity contribution >= 4 is 11.9 Å². The average molecular weight is 435 g/mol. The molecule has 1 aliphatic rings. The molecule has 0 unspecified atom stereocenters. The van der Waals surface area contributed by atoms with E-state index in [1.165, 1.54) is 25.7 Å². The Morgan fingerprint density at radius 1 is 0.696 bits per heavy atom. The van der Waals surface area contributed by atoms with Crippen LogP contribution < -0.4 is 0 Å². The summed E-state index contributed by atoms with van der Waals surface area (Å²) in [5.74, 6) is -5.42. The SMILES string of the molecule is C1=C\CC/C=C\CC/1.O=C([O][Ru][O]C(=O)C(F)(F)F)C(F)(F)F. The molecule has 11 heteroatoms. The molecule has 0 saturated carbocycles. The van der Waals surface area contributed by atoms with Gasteiger partial charge in [0.1, 0.15) is 0 Å². The molecule has 0 bridgehead atoms. The second-order valence-electron chi connectivity index (χ2n) is 3.87. The van der Waals surface area contributed by atoms with E-state index in [9.17, 15) is 35.9 Å². The first-order valence-electron chi connectivity index (χ1n) is 6.04. The molecule has 0 aliphatic heterocycles. The van der Waals surface area contributed by atoms with Gasteiger partial charge in [0.25, 0.3) is 0 Å². The molecule has 0 atom stereocenters. The van der Waals surface area contributed by atoms with E-state index in [0.717, 1.165) is 0 Å². The first kappa shape index (κ1) is 21.6. The number of rotatable bonds is 2. The van der Waals surface area contributed by atoms with Gasteiger partial charge in [0.15, 0.2) is 0 Å². The van der Waals surface area contributed by atoms with Gasteiger partial charge in [0.2, 0.25) is 0 Å². The number of carbonyl (C=O) groups excluding carboxylic acids is 2. The molecule has 0 N–H and O–H groups in total. The van der Waals surface area contributed by atoms with E-state index in [1.807, 2.05) is 0 Å². The van der Waals surface area contributed by atoms with Gasteiger partial charge < -0.3 is 0 Å². The quantitative estimate of drug-likeness (QED) is 0.377. The van der Waals surface area contributed by atoms with Crippen molar-refractivity contribution in [2.45, 2.75) is 38.0 Å². The van der Waals surface area contributed by atoms with Gasteiger partial charge in [-0.3, -0.25) is 0 Å². The van der Waals surface area contributed by atoms with Crippen LogP contribution in [-0.2, 0) is 34.6 Å². The van der Waals surface area contributed by atoms with E-state index < -0.39 is 42.1 Å². The van der Waals surface area contributed by atoms with Crippen LogP contribution in [0.5, 0.6) is 0 Å². The van der Waals surface area contributed by atoms with Gasteiger partial charge in [-0.1, -0.05) is 24.3 Å². The summed E-state index contributed by atoms with van der Waals surface area (Å²) in [5, 5.41) is 0. The van der Waals surface area contributed by atoms with Crippen molar-refractivity contribution in [1.29, 1.82) is 0 Å². The topological polar surface area (TPSA) is 52.6 Å². The van der Waals surface area contributed by atoms with Crippen molar-refractivity contribution in [1.82, 2.24) is 0 Å². The molecule has 0 aromatic carbocycles. The van der Waals surface area contributed by atoms with E-state index in [1.54, 1.807) is 0 Å². The molecule has 0 aromatic rings. The zero-order valence-electron chi connectivity index (χ0n) is 11.4. The molecule has 0 fully saturated rings. The number of hydrogen-bond acceptors (Lipinski definition) is 4. The van der Waals surface area contributed by atoms with Crippen LogP contribution in [0.2, 0.25) is 0 Å². The van der Waals surface area contributed by atoms with Crippen LogP contribution in [0.25, 0.3) is 0 Å². The molecule has 4 nitrogen and oxygen atoms in total. The first-order valence-corrected chi connectivity index (χ1v) is 7.46. The van der Waals surface area contributed by atoms with Gasteiger partial charge in [-0.15, -0.1) is 0 Å². The third kappa shape index (κ3) is 11.8. The van der Waals surface area contributed by atoms with E-state index >= 15 is 0 Å². The van der Waals surface area contributed by atoms with E-state index in [-0.39, 0.29) is 0 Å². The first-order chi connectivity index (χ1) is 10.5. The Morgan fingerprint density at radius 2 is 0.957 bits per heavy atom. The Balaban J connectivity index is 0.000000502. The zero-order valence-corrected chi connectivity index (χ0v) is 13.1. The maximum atomic E-state index is 11.4. The molecule has 0 saturated heterocycles. The van der Waals surface area contributed by atoms with E-state index in [2.05, 4.69) is 31.4 Å². The average Bonchev–Trinajstić information content (AvgIpc) is 2.36. The monoisotopic (exact) mass is 436 g/mol. The third-order valence-corrected chi connectivity index (χ3v) is 2.92. The fraction of sp³-hybridized carbons (Fsp3) is 0.500. The molecule has 134 valence electrons. The van der Waals surface area contributed by atoms with Crippen molar-refractivity contribution in [3.8, 4) is 0 Å². The minimum absolute atomic E-state index is 1.23. The maximum absolute atomic E-state index is 11.4. The van der Waals surface area contributed by atoms with Crippen molar-refractivity contribution in [3.63, 3.8) is 0 Å². The van der Waals surface area contributed by atoms with Crippen LogP contribution in [0.1, 0.15) is 25.7 Å². The summed E-state index contributed by atoms with van der Waals surface area (Å²) in [5.41, 5.74) is 0. The summed E-state index contributed by atoms with van der Waals surface area (Å²) in [7, 11) is 0. The normalized spacial score (nSPS) is 17.8. The van der Waals surface area contributed by atoms with E-state index in [4.69, 9.17) is 0 Å². The molecule has 0 heterocycles. The van der Waals surface area contributed by atoms with Gasteiger partial charge >= 0.3 is 85.2 Å². The Morgan fingerprint density at radius 3 is 1.17 bits per heavy atom. The molecule has 1 rings (SSSR count). The Bertz CT molecular complexity index is 390. The zero-order chi connectivity index (χ0) is 17.9. The van der Waals surface area contributed by atoms with Crippen LogP contribution in [0, 0.1) is 0 Å². The second-order valence-corrected chi connectivity index (χ2v) is 4.87. The molecule has 0 aromatic heterocycles. The van der Waals surface area contributed by atoms with Crippen molar-refractivity contribution < 1.29 is 60.9 Å². The predicted octanol–water partition coefficient (Wildman–Crippen LogP) is 3.78. The fourth-order valence-corrected chi connectivity index (χ4v) is 1.74. The summed E-state index contributed by atoms with van der Waals surface area (Å²) >= 11 is -2.55. The van der Waals surface area contributed by atoms with Gasteiger partial charge in [-0.25, -0.2) is 0 Å². The molecular weight excluding hydrogens is 423 g/mol. The van der Waals surface area contributed by atoms with Crippen molar-refractivity contribution in [3.05, 3.63) is 24.3 Å². The van der Waals surface area contributed by atoms with Crippen LogP contribution >= 0.6 is 0 Å². The number of carbonyl (C=O) groups is 2. The molecule has 0 radical (unpaired) electrons. The van der Waals surface area contributed by atoms with Crippen LogP contribution in [0.15, 0.2) is 24.3 Å². The number of hydrogen-bond donors (Lipinski definition) is 0. The minimum atomic E-state index is -5.33. The van der Waals surface area contributed by atoms with Gasteiger partial charge in [0.05, 0.1) is 0 Å². The third-order valence-electron chi connectivity index (χ3n) is 1.99. The molecule has 0 spiro atoms. The summed E-state index contributed by atoms with van der Waals surface area (Å²) < 4.78 is 74.8. The van der Waals surface area contributed by atoms with E-state index in [0.29, 0.717) is 0 Å². The van der Waals surface area contributed by atoms with Crippen LogP contribution in [0.4, 0.5) is 26.3 Å². The summed E-state index contributed by atoms with van der Waals surface area (Å²) in [6, 6.07) is 0. The Hall–Kier alpha value is -1.38. The standard InChI is InChI=1S/C8H12.2C2HF3O2.Ru/c1-2-4-6-8-7-5-3-1;2*3-2(4,5)1(6)7;/h1-2,7-8H,3-6H2;2*(H,6,7);/q;;;+2/p-2/b2-1-,8-7-;;;. The number of alkyl halides is 6. The second kappa shape index (κ2) is 10.4. The van der Waals surface area contributed by atoms with Gasteiger partial charge in [-0.05, 0) is 25.7 Å². The van der Waals surface area contributed by atoms with Gasteiger partial charge in [-0.2, -0.15) is 0 Å². The van der Waals surface area contributed by atoms with Crippen molar-refractivity contribution in [2.24, 2.45) is 0 Å². The molecule has 1 aliphatic carbocycles. The fourth-order valence-electron chi connectivity index (χ4n) is 1.01. The summed E-state index contributed by atoms with van der Waals surface area (Å²) in [4.78, 5) is 19.8. The van der Waals surface area contributed by atoms with Crippen molar-refractivity contribution in [2.75, 3.05) is 0 Å². The molecular formula is C12H12F6O4Ru. The number of halogens is 6. The molecule has 0 amide bonds. The predicted molar refractivity (Wildman–Crippen MR) is 61.0 cm³/mol.